The average Bonchev–Trinajstić information content (AvgIpc) is 2.28. The minimum atomic E-state index is -0.888. The van der Waals surface area contributed by atoms with Crippen LogP contribution >= 0.6 is 0 Å². The normalized spacial score (nSPS) is 11.9. The first-order valence-electron chi connectivity index (χ1n) is 5.10. The zero-order valence-electron chi connectivity index (χ0n) is 9.47. The number of carbonyl (C=O) groups excluding carboxylic acids is 1. The molecule has 0 spiro atoms. The molecule has 0 N–H and O–H groups in total. The Labute approximate surface area is 97.3 Å². The standard InChI is InChI=1S/C11H12FNO4/c1-3-7(2)17-11(14)9-6-8(13(15)16)4-5-10(9)12/h4-7H,3H2,1-2H3. The number of hydrogen-bond acceptors (Lipinski definition) is 4. The van der Waals surface area contributed by atoms with Gasteiger partial charge in [-0.05, 0) is 19.4 Å². The highest BCUT2D eigenvalue weighted by Crippen LogP contribution is 2.18. The number of rotatable bonds is 4. The van der Waals surface area contributed by atoms with Gasteiger partial charge < -0.3 is 4.74 Å². The molecule has 1 atom stereocenters. The van der Waals surface area contributed by atoms with Crippen molar-refractivity contribution in [3.8, 4) is 0 Å². The lowest BCUT2D eigenvalue weighted by Crippen LogP contribution is -2.15. The van der Waals surface area contributed by atoms with Crippen LogP contribution in [0.2, 0.25) is 0 Å². The van der Waals surface area contributed by atoms with Crippen molar-refractivity contribution in [2.45, 2.75) is 26.4 Å². The van der Waals surface area contributed by atoms with Gasteiger partial charge in [0, 0.05) is 12.1 Å². The zero-order chi connectivity index (χ0) is 13.0. The molecule has 1 aromatic rings. The highest BCUT2D eigenvalue weighted by atomic mass is 19.1. The minimum absolute atomic E-state index is 0.345. The smallest absolute Gasteiger partial charge is 0.341 e. The SMILES string of the molecule is CCC(C)OC(=O)c1cc([N+](=O)[O-])ccc1F. The van der Waals surface area contributed by atoms with Crippen LogP contribution in [-0.2, 0) is 4.74 Å². The Morgan fingerprint density at radius 2 is 2.24 bits per heavy atom. The third-order valence-corrected chi connectivity index (χ3v) is 2.26. The molecule has 5 nitrogen and oxygen atoms in total. The summed E-state index contributed by atoms with van der Waals surface area (Å²) in [6, 6.07) is 2.75. The van der Waals surface area contributed by atoms with E-state index in [1.54, 1.807) is 6.92 Å². The lowest BCUT2D eigenvalue weighted by molar-refractivity contribution is -0.384. The van der Waals surface area contributed by atoms with Gasteiger partial charge in [0.05, 0.1) is 11.0 Å². The van der Waals surface area contributed by atoms with E-state index >= 15 is 0 Å². The predicted molar refractivity (Wildman–Crippen MR) is 58.2 cm³/mol. The molecule has 0 aliphatic rings. The van der Waals surface area contributed by atoms with E-state index in [4.69, 9.17) is 4.74 Å². The van der Waals surface area contributed by atoms with E-state index in [9.17, 15) is 19.3 Å². The summed E-state index contributed by atoms with van der Waals surface area (Å²) in [5.74, 6) is -1.72. The van der Waals surface area contributed by atoms with Gasteiger partial charge >= 0.3 is 5.97 Å². The maximum atomic E-state index is 13.3. The molecule has 17 heavy (non-hydrogen) atoms. The van der Waals surface area contributed by atoms with E-state index in [1.165, 1.54) is 0 Å². The summed E-state index contributed by atoms with van der Waals surface area (Å²) in [7, 11) is 0. The van der Waals surface area contributed by atoms with Gasteiger partial charge in [0.2, 0.25) is 0 Å². The minimum Gasteiger partial charge on any atom is -0.459 e. The number of halogens is 1. The fourth-order valence-electron chi connectivity index (χ4n) is 1.11. The summed E-state index contributed by atoms with van der Waals surface area (Å²) < 4.78 is 18.2. The molecule has 6 heteroatoms. The van der Waals surface area contributed by atoms with Gasteiger partial charge in [0.1, 0.15) is 11.4 Å². The van der Waals surface area contributed by atoms with Crippen LogP contribution in [0.3, 0.4) is 0 Å². The molecule has 0 bridgehead atoms. The van der Waals surface area contributed by atoms with Crippen molar-refractivity contribution in [2.24, 2.45) is 0 Å². The van der Waals surface area contributed by atoms with E-state index in [0.29, 0.717) is 6.42 Å². The number of carbonyl (C=O) groups is 1. The van der Waals surface area contributed by atoms with E-state index in [2.05, 4.69) is 0 Å². The summed E-state index contributed by atoms with van der Waals surface area (Å²) >= 11 is 0. The molecule has 0 fully saturated rings. The molecule has 92 valence electrons. The number of hydrogen-bond donors (Lipinski definition) is 0. The molecule has 0 amide bonds. The molecular formula is C11H12FNO4. The molecule has 0 saturated heterocycles. The third-order valence-electron chi connectivity index (χ3n) is 2.26. The van der Waals surface area contributed by atoms with Gasteiger partial charge in [-0.3, -0.25) is 10.1 Å². The van der Waals surface area contributed by atoms with Gasteiger partial charge in [-0.15, -0.1) is 0 Å². The molecule has 1 rings (SSSR count). The summed E-state index contributed by atoms with van der Waals surface area (Å²) in [6.07, 6.45) is 0.226. The van der Waals surface area contributed by atoms with Crippen LogP contribution in [0.15, 0.2) is 18.2 Å². The Balaban J connectivity index is 3.00. The van der Waals surface area contributed by atoms with Crippen LogP contribution < -0.4 is 0 Å². The summed E-state index contributed by atoms with van der Waals surface area (Å²) in [5.41, 5.74) is -0.762. The van der Waals surface area contributed by atoms with Crippen molar-refractivity contribution in [3.63, 3.8) is 0 Å². The number of nitro benzene ring substituents is 1. The predicted octanol–water partition coefficient (Wildman–Crippen LogP) is 2.69. The largest absolute Gasteiger partial charge is 0.459 e. The van der Waals surface area contributed by atoms with Crippen LogP contribution in [0.25, 0.3) is 0 Å². The maximum Gasteiger partial charge on any atom is 0.341 e. The van der Waals surface area contributed by atoms with E-state index < -0.39 is 22.3 Å². The fourth-order valence-corrected chi connectivity index (χ4v) is 1.11. The number of benzene rings is 1. The molecule has 0 saturated carbocycles. The number of esters is 1. The van der Waals surface area contributed by atoms with Gasteiger partial charge in [-0.1, -0.05) is 6.92 Å². The molecule has 0 aliphatic heterocycles. The number of non-ortho nitro benzene ring substituents is 1. The van der Waals surface area contributed by atoms with Crippen molar-refractivity contribution in [3.05, 3.63) is 39.7 Å². The highest BCUT2D eigenvalue weighted by Gasteiger charge is 2.19. The monoisotopic (exact) mass is 241 g/mol. The second kappa shape index (κ2) is 5.38. The van der Waals surface area contributed by atoms with Gasteiger partial charge in [-0.2, -0.15) is 0 Å². The van der Waals surface area contributed by atoms with Gasteiger partial charge in [0.15, 0.2) is 0 Å². The van der Waals surface area contributed by atoms with Crippen LogP contribution in [0.1, 0.15) is 30.6 Å². The van der Waals surface area contributed by atoms with Crippen molar-refractivity contribution in [1.82, 2.24) is 0 Å². The Kier molecular flexibility index (Phi) is 4.14. The first-order valence-corrected chi connectivity index (χ1v) is 5.10. The van der Waals surface area contributed by atoms with Crippen molar-refractivity contribution in [2.75, 3.05) is 0 Å². The van der Waals surface area contributed by atoms with Crippen LogP contribution in [0, 0.1) is 15.9 Å². The van der Waals surface area contributed by atoms with Crippen LogP contribution in [0.5, 0.6) is 0 Å². The van der Waals surface area contributed by atoms with Crippen LogP contribution in [0.4, 0.5) is 10.1 Å². The Hall–Kier alpha value is -1.98. The average molecular weight is 241 g/mol. The molecule has 1 unspecified atom stereocenters. The second-order valence-electron chi connectivity index (χ2n) is 3.55. The molecule has 0 aromatic heterocycles. The van der Waals surface area contributed by atoms with Crippen LogP contribution in [-0.4, -0.2) is 17.0 Å². The number of ether oxygens (including phenoxy) is 1. The van der Waals surface area contributed by atoms with E-state index in [1.807, 2.05) is 6.92 Å². The Morgan fingerprint density at radius 1 is 1.59 bits per heavy atom. The topological polar surface area (TPSA) is 69.4 Å². The van der Waals surface area contributed by atoms with Gasteiger partial charge in [-0.25, -0.2) is 9.18 Å². The van der Waals surface area contributed by atoms with Crippen molar-refractivity contribution < 1.29 is 18.8 Å². The summed E-state index contributed by atoms with van der Waals surface area (Å²) in [6.45, 7) is 3.47. The molecule has 1 aromatic carbocycles. The summed E-state index contributed by atoms with van der Waals surface area (Å²) in [4.78, 5) is 21.3. The lowest BCUT2D eigenvalue weighted by Gasteiger charge is -2.10. The first-order chi connectivity index (χ1) is 7.95. The number of nitro groups is 1. The quantitative estimate of drug-likeness (QED) is 0.461. The first kappa shape index (κ1) is 13.1. The molecule has 0 heterocycles. The van der Waals surface area contributed by atoms with E-state index in [0.717, 1.165) is 18.2 Å². The lowest BCUT2D eigenvalue weighted by atomic mass is 10.2. The third kappa shape index (κ3) is 3.24. The highest BCUT2D eigenvalue weighted by molar-refractivity contribution is 5.90. The molecule has 0 aliphatic carbocycles. The zero-order valence-corrected chi connectivity index (χ0v) is 9.47. The van der Waals surface area contributed by atoms with Crippen molar-refractivity contribution >= 4 is 11.7 Å². The number of nitrogens with zero attached hydrogens (tertiary/aromatic N) is 1. The Bertz CT molecular complexity index is 447. The molecule has 0 radical (unpaired) electrons. The maximum absolute atomic E-state index is 13.3. The Morgan fingerprint density at radius 3 is 2.76 bits per heavy atom. The summed E-state index contributed by atoms with van der Waals surface area (Å²) in [5, 5.41) is 10.5. The second-order valence-corrected chi connectivity index (χ2v) is 3.55. The fraction of sp³-hybridized carbons (Fsp3) is 0.364. The van der Waals surface area contributed by atoms with E-state index in [-0.39, 0.29) is 11.8 Å². The van der Waals surface area contributed by atoms with Crippen molar-refractivity contribution in [1.29, 1.82) is 0 Å². The van der Waals surface area contributed by atoms with Gasteiger partial charge in [0.25, 0.3) is 5.69 Å². The molecular weight excluding hydrogens is 229 g/mol.